The molecule has 7 heteroatoms. The van der Waals surface area contributed by atoms with E-state index in [1.807, 2.05) is 31.5 Å². The number of thioether (sulfide) groups is 1. The normalized spacial score (nSPS) is 15.6. The van der Waals surface area contributed by atoms with E-state index in [0.717, 1.165) is 27.9 Å². The molecule has 1 aliphatic rings. The lowest BCUT2D eigenvalue weighted by Crippen LogP contribution is -2.14. The van der Waals surface area contributed by atoms with E-state index in [2.05, 4.69) is 21.7 Å². The number of ether oxygens (including phenoxy) is 1. The Hall–Kier alpha value is -1.60. The number of carbonyl (C=O) groups is 1. The predicted molar refractivity (Wildman–Crippen MR) is 98.5 cm³/mol. The summed E-state index contributed by atoms with van der Waals surface area (Å²) in [6, 6.07) is 2.19. The van der Waals surface area contributed by atoms with Crippen molar-refractivity contribution in [1.82, 2.24) is 19.3 Å². The Balaban J connectivity index is 1.70. The lowest BCUT2D eigenvalue weighted by atomic mass is 10.2. The highest BCUT2D eigenvalue weighted by Crippen LogP contribution is 2.39. The van der Waals surface area contributed by atoms with Crippen LogP contribution in [0.2, 0.25) is 0 Å². The Kier molecular flexibility index (Phi) is 5.34. The van der Waals surface area contributed by atoms with Gasteiger partial charge in [-0.1, -0.05) is 11.8 Å². The number of Topliss-reactive ketones (excluding diaryl/α,β-unsaturated/α-hetero) is 1. The average molecular weight is 362 g/mol. The Labute approximate surface area is 153 Å². The number of hydrogen-bond donors (Lipinski definition) is 0. The van der Waals surface area contributed by atoms with E-state index in [1.54, 1.807) is 7.11 Å². The van der Waals surface area contributed by atoms with Gasteiger partial charge in [-0.2, -0.15) is 0 Å². The van der Waals surface area contributed by atoms with E-state index < -0.39 is 0 Å². The number of hydrogen-bond acceptors (Lipinski definition) is 5. The van der Waals surface area contributed by atoms with Gasteiger partial charge in [-0.05, 0) is 39.7 Å². The lowest BCUT2D eigenvalue weighted by molar-refractivity contribution is 0.102. The van der Waals surface area contributed by atoms with Gasteiger partial charge in [0.05, 0.1) is 18.4 Å². The summed E-state index contributed by atoms with van der Waals surface area (Å²) in [6.07, 6.45) is 2.39. The van der Waals surface area contributed by atoms with Gasteiger partial charge in [-0.3, -0.25) is 4.79 Å². The number of ketones is 1. The second kappa shape index (κ2) is 7.33. The van der Waals surface area contributed by atoms with Crippen molar-refractivity contribution in [3.63, 3.8) is 0 Å². The number of nitrogens with zero attached hydrogens (tertiary/aromatic N) is 4. The van der Waals surface area contributed by atoms with Crippen molar-refractivity contribution in [3.05, 3.63) is 28.8 Å². The van der Waals surface area contributed by atoms with Gasteiger partial charge >= 0.3 is 0 Å². The summed E-state index contributed by atoms with van der Waals surface area (Å²) in [5, 5.41) is 9.33. The molecule has 0 aromatic carbocycles. The van der Waals surface area contributed by atoms with Crippen LogP contribution in [-0.2, 0) is 11.8 Å². The zero-order valence-electron chi connectivity index (χ0n) is 15.6. The molecule has 2 aromatic rings. The summed E-state index contributed by atoms with van der Waals surface area (Å²) < 4.78 is 9.46. The van der Waals surface area contributed by atoms with E-state index in [0.29, 0.717) is 18.3 Å². The fraction of sp³-hybridized carbons (Fsp3) is 0.611. The van der Waals surface area contributed by atoms with Crippen LogP contribution in [0.25, 0.3) is 0 Å². The molecule has 0 aliphatic heterocycles. The van der Waals surface area contributed by atoms with E-state index in [9.17, 15) is 4.79 Å². The van der Waals surface area contributed by atoms with Gasteiger partial charge in [0.2, 0.25) is 0 Å². The van der Waals surface area contributed by atoms with Crippen molar-refractivity contribution in [2.45, 2.75) is 50.7 Å². The average Bonchev–Trinajstić information content (AvgIpc) is 3.27. The minimum atomic E-state index is 0.130. The highest BCUT2D eigenvalue weighted by Gasteiger charge is 2.29. The van der Waals surface area contributed by atoms with Crippen LogP contribution in [0.4, 0.5) is 0 Å². The summed E-state index contributed by atoms with van der Waals surface area (Å²) in [5.41, 5.74) is 2.88. The molecule has 1 fully saturated rings. The smallest absolute Gasteiger partial charge is 0.191 e. The maximum Gasteiger partial charge on any atom is 0.191 e. The third-order valence-corrected chi connectivity index (χ3v) is 5.80. The highest BCUT2D eigenvalue weighted by atomic mass is 32.2. The van der Waals surface area contributed by atoms with Gasteiger partial charge in [0, 0.05) is 37.0 Å². The van der Waals surface area contributed by atoms with Crippen molar-refractivity contribution in [2.24, 2.45) is 7.05 Å². The quantitative estimate of drug-likeness (QED) is 0.533. The molecular formula is C18H26N4O2S. The molecule has 2 heterocycles. The fourth-order valence-corrected chi connectivity index (χ4v) is 4.21. The van der Waals surface area contributed by atoms with Gasteiger partial charge < -0.3 is 13.9 Å². The van der Waals surface area contributed by atoms with Gasteiger partial charge in [0.25, 0.3) is 0 Å². The molecule has 0 radical (unpaired) electrons. The fourth-order valence-electron chi connectivity index (χ4n) is 3.41. The van der Waals surface area contributed by atoms with Crippen LogP contribution in [0.5, 0.6) is 0 Å². The van der Waals surface area contributed by atoms with Gasteiger partial charge in [-0.15, -0.1) is 10.2 Å². The molecule has 136 valence electrons. The monoisotopic (exact) mass is 362 g/mol. The van der Waals surface area contributed by atoms with Crippen molar-refractivity contribution >= 4 is 17.5 Å². The first-order chi connectivity index (χ1) is 11.9. The topological polar surface area (TPSA) is 61.9 Å². The Morgan fingerprint density at radius 3 is 2.76 bits per heavy atom. The third-order valence-electron chi connectivity index (χ3n) is 4.78. The van der Waals surface area contributed by atoms with E-state index in [4.69, 9.17) is 4.74 Å². The molecule has 0 bridgehead atoms. The summed E-state index contributed by atoms with van der Waals surface area (Å²) in [7, 11) is 3.68. The summed E-state index contributed by atoms with van der Waals surface area (Å²) in [6.45, 7) is 6.77. The number of carbonyl (C=O) groups excluding carboxylic acids is 1. The summed E-state index contributed by atoms with van der Waals surface area (Å²) in [4.78, 5) is 12.7. The Bertz CT molecular complexity index is 776. The molecule has 0 unspecified atom stereocenters. The molecule has 1 aliphatic carbocycles. The maximum absolute atomic E-state index is 12.7. The summed E-state index contributed by atoms with van der Waals surface area (Å²) >= 11 is 1.46. The number of rotatable bonds is 8. The minimum Gasteiger partial charge on any atom is -0.383 e. The predicted octanol–water partition coefficient (Wildman–Crippen LogP) is 3.29. The van der Waals surface area contributed by atoms with Crippen LogP contribution < -0.4 is 0 Å². The molecule has 0 amide bonds. The van der Waals surface area contributed by atoms with Crippen molar-refractivity contribution in [2.75, 3.05) is 19.5 Å². The van der Waals surface area contributed by atoms with E-state index in [-0.39, 0.29) is 11.8 Å². The molecule has 0 saturated heterocycles. The van der Waals surface area contributed by atoms with E-state index >= 15 is 0 Å². The molecule has 2 aromatic heterocycles. The van der Waals surface area contributed by atoms with Crippen LogP contribution in [0.15, 0.2) is 11.2 Å². The van der Waals surface area contributed by atoms with Crippen LogP contribution in [-0.4, -0.2) is 44.6 Å². The summed E-state index contributed by atoms with van der Waals surface area (Å²) in [5.74, 6) is 2.11. The Morgan fingerprint density at radius 1 is 1.40 bits per heavy atom. The molecule has 3 rings (SSSR count). The van der Waals surface area contributed by atoms with Gasteiger partial charge in [-0.25, -0.2) is 0 Å². The van der Waals surface area contributed by atoms with Gasteiger partial charge in [0.15, 0.2) is 10.9 Å². The van der Waals surface area contributed by atoms with Crippen LogP contribution >= 0.6 is 11.8 Å². The molecule has 1 saturated carbocycles. The van der Waals surface area contributed by atoms with Crippen LogP contribution in [0.1, 0.15) is 59.3 Å². The first kappa shape index (κ1) is 18.2. The molecular weight excluding hydrogens is 336 g/mol. The zero-order chi connectivity index (χ0) is 18.1. The first-order valence-electron chi connectivity index (χ1n) is 8.66. The first-order valence-corrected chi connectivity index (χ1v) is 9.65. The third kappa shape index (κ3) is 3.67. The largest absolute Gasteiger partial charge is 0.383 e. The van der Waals surface area contributed by atoms with Crippen molar-refractivity contribution in [1.29, 1.82) is 0 Å². The standard InChI is InChI=1S/C18H26N4O2S/c1-11-8-15(13(3)22(11)12(2)9-24-5)16(23)10-25-18-20-19-17(21(18)4)14-6-7-14/h8,12,14H,6-7,9-10H2,1-5H3/t12-/m0/s1. The van der Waals surface area contributed by atoms with Crippen LogP contribution in [0.3, 0.4) is 0 Å². The number of aryl methyl sites for hydroxylation is 1. The second-order valence-corrected chi connectivity index (χ2v) is 7.79. The maximum atomic E-state index is 12.7. The molecule has 1 atom stereocenters. The Morgan fingerprint density at radius 2 is 2.12 bits per heavy atom. The SMILES string of the molecule is COC[C@H](C)n1c(C)cc(C(=O)CSc2nnc(C3CC3)n2C)c1C. The minimum absolute atomic E-state index is 0.130. The van der Waals surface area contributed by atoms with Gasteiger partial charge in [0.1, 0.15) is 5.82 Å². The molecule has 0 N–H and O–H groups in total. The molecule has 0 spiro atoms. The number of aromatic nitrogens is 4. The van der Waals surface area contributed by atoms with Crippen molar-refractivity contribution in [3.8, 4) is 0 Å². The molecule has 25 heavy (non-hydrogen) atoms. The highest BCUT2D eigenvalue weighted by molar-refractivity contribution is 7.99. The number of methoxy groups -OCH3 is 1. The van der Waals surface area contributed by atoms with Crippen molar-refractivity contribution < 1.29 is 9.53 Å². The van der Waals surface area contributed by atoms with E-state index in [1.165, 1.54) is 24.6 Å². The zero-order valence-corrected chi connectivity index (χ0v) is 16.4. The second-order valence-electron chi connectivity index (χ2n) is 6.85. The lowest BCUT2D eigenvalue weighted by Gasteiger charge is -2.17. The molecule has 6 nitrogen and oxygen atoms in total. The van der Waals surface area contributed by atoms with Crippen LogP contribution in [0, 0.1) is 13.8 Å².